The summed E-state index contributed by atoms with van der Waals surface area (Å²) in [5, 5.41) is 0. The van der Waals surface area contributed by atoms with Crippen molar-refractivity contribution in [2.24, 2.45) is 11.8 Å². The summed E-state index contributed by atoms with van der Waals surface area (Å²) in [5.74, 6) is -0.194. The van der Waals surface area contributed by atoms with Gasteiger partial charge in [-0.2, -0.15) is 0 Å². The van der Waals surface area contributed by atoms with Crippen molar-refractivity contribution < 1.29 is 19.1 Å². The van der Waals surface area contributed by atoms with Gasteiger partial charge >= 0.3 is 0 Å². The Morgan fingerprint density at radius 1 is 1.24 bits per heavy atom. The zero-order chi connectivity index (χ0) is 18.4. The highest BCUT2D eigenvalue weighted by Crippen LogP contribution is 2.19. The highest BCUT2D eigenvalue weighted by atomic mass is 16.5. The van der Waals surface area contributed by atoms with E-state index in [9.17, 15) is 14.4 Å². The molecule has 1 saturated heterocycles. The van der Waals surface area contributed by atoms with E-state index in [1.165, 1.54) is 0 Å². The molecule has 2 N–H and O–H groups in total. The fourth-order valence-electron chi connectivity index (χ4n) is 2.73. The molecule has 7 heteroatoms. The van der Waals surface area contributed by atoms with Gasteiger partial charge in [0.2, 0.25) is 11.8 Å². The number of carbonyl (C=O) groups excluding carboxylic acids is 3. The molecule has 25 heavy (non-hydrogen) atoms. The van der Waals surface area contributed by atoms with Crippen molar-refractivity contribution >= 4 is 17.7 Å². The standard InChI is InChI=1S/C18H25N3O4/c1-4-25-15-7-5-13(6-8-15)17(23)19-20-18(24)14-9-16(22)21(11-14)10-12(2)3/h5-8,12,14H,4,9-11H2,1-3H3,(H,19,23)(H,20,24). The van der Waals surface area contributed by atoms with Crippen LogP contribution < -0.4 is 15.6 Å². The van der Waals surface area contributed by atoms with Gasteiger partial charge in [0.05, 0.1) is 12.5 Å². The number of nitrogens with zero attached hydrogens (tertiary/aromatic N) is 1. The molecule has 0 radical (unpaired) electrons. The molecule has 1 heterocycles. The number of benzene rings is 1. The maximum Gasteiger partial charge on any atom is 0.269 e. The van der Waals surface area contributed by atoms with Crippen molar-refractivity contribution in [1.82, 2.24) is 15.8 Å². The van der Waals surface area contributed by atoms with Crippen molar-refractivity contribution in [3.63, 3.8) is 0 Å². The molecule has 0 aromatic heterocycles. The molecule has 136 valence electrons. The second-order valence-corrected chi connectivity index (χ2v) is 6.49. The summed E-state index contributed by atoms with van der Waals surface area (Å²) < 4.78 is 5.32. The van der Waals surface area contributed by atoms with Gasteiger partial charge in [-0.15, -0.1) is 0 Å². The maximum atomic E-state index is 12.2. The Hall–Kier alpha value is -2.57. The molecular weight excluding hydrogens is 322 g/mol. The van der Waals surface area contributed by atoms with Crippen LogP contribution in [0.4, 0.5) is 0 Å². The number of hydrogen-bond donors (Lipinski definition) is 2. The van der Waals surface area contributed by atoms with E-state index in [4.69, 9.17) is 4.74 Å². The molecule has 7 nitrogen and oxygen atoms in total. The van der Waals surface area contributed by atoms with Crippen LogP contribution in [0.15, 0.2) is 24.3 Å². The molecule has 1 atom stereocenters. The molecule has 1 aliphatic rings. The number of hydrazine groups is 1. The first-order valence-electron chi connectivity index (χ1n) is 8.51. The third-order valence-corrected chi connectivity index (χ3v) is 3.90. The largest absolute Gasteiger partial charge is 0.494 e. The lowest BCUT2D eigenvalue weighted by Crippen LogP contribution is -2.45. The van der Waals surface area contributed by atoms with E-state index in [0.717, 1.165) is 0 Å². The summed E-state index contributed by atoms with van der Waals surface area (Å²) in [6, 6.07) is 6.63. The molecule has 3 amide bonds. The van der Waals surface area contributed by atoms with Gasteiger partial charge in [0.25, 0.3) is 5.91 Å². The Labute approximate surface area is 147 Å². The first-order valence-corrected chi connectivity index (χ1v) is 8.51. The van der Waals surface area contributed by atoms with Crippen molar-refractivity contribution in [3.8, 4) is 5.75 Å². The third kappa shape index (κ3) is 5.20. The minimum atomic E-state index is -0.438. The number of likely N-dealkylation sites (tertiary alicyclic amines) is 1. The Morgan fingerprint density at radius 2 is 1.92 bits per heavy atom. The van der Waals surface area contributed by atoms with Crippen LogP contribution in [-0.4, -0.2) is 42.3 Å². The van der Waals surface area contributed by atoms with Crippen molar-refractivity contribution in [2.45, 2.75) is 27.2 Å². The highest BCUT2D eigenvalue weighted by Gasteiger charge is 2.34. The van der Waals surface area contributed by atoms with Gasteiger partial charge < -0.3 is 9.64 Å². The molecule has 0 aliphatic carbocycles. The fraction of sp³-hybridized carbons (Fsp3) is 0.500. The van der Waals surface area contributed by atoms with E-state index in [1.54, 1.807) is 29.2 Å². The number of rotatable bonds is 6. The molecule has 0 saturated carbocycles. The summed E-state index contributed by atoms with van der Waals surface area (Å²) in [5.41, 5.74) is 5.21. The van der Waals surface area contributed by atoms with E-state index in [2.05, 4.69) is 10.9 Å². The van der Waals surface area contributed by atoms with Crippen LogP contribution in [0.25, 0.3) is 0 Å². The minimum Gasteiger partial charge on any atom is -0.494 e. The summed E-state index contributed by atoms with van der Waals surface area (Å²) >= 11 is 0. The predicted molar refractivity (Wildman–Crippen MR) is 92.7 cm³/mol. The van der Waals surface area contributed by atoms with E-state index in [0.29, 0.717) is 36.9 Å². The van der Waals surface area contributed by atoms with Gasteiger partial charge in [0, 0.05) is 25.1 Å². The smallest absolute Gasteiger partial charge is 0.269 e. The van der Waals surface area contributed by atoms with E-state index >= 15 is 0 Å². The highest BCUT2D eigenvalue weighted by molar-refractivity contribution is 5.96. The fourth-order valence-corrected chi connectivity index (χ4v) is 2.73. The summed E-state index contributed by atoms with van der Waals surface area (Å²) in [4.78, 5) is 37.8. The summed E-state index contributed by atoms with van der Waals surface area (Å²) in [6.07, 6.45) is 0.178. The van der Waals surface area contributed by atoms with Crippen LogP contribution in [0.5, 0.6) is 5.75 Å². The van der Waals surface area contributed by atoms with E-state index in [1.807, 2.05) is 20.8 Å². The Kier molecular flexibility index (Phi) is 6.38. The predicted octanol–water partition coefficient (Wildman–Crippen LogP) is 1.35. The maximum absolute atomic E-state index is 12.2. The van der Waals surface area contributed by atoms with E-state index < -0.39 is 11.8 Å². The number of amides is 3. The van der Waals surface area contributed by atoms with Gasteiger partial charge in [-0.05, 0) is 37.1 Å². The zero-order valence-corrected chi connectivity index (χ0v) is 14.9. The lowest BCUT2D eigenvalue weighted by Gasteiger charge is -2.18. The first kappa shape index (κ1) is 18.8. The van der Waals surface area contributed by atoms with Crippen LogP contribution in [0, 0.1) is 11.8 Å². The van der Waals surface area contributed by atoms with Gasteiger partial charge in [0.15, 0.2) is 0 Å². The molecule has 1 fully saturated rings. The topological polar surface area (TPSA) is 87.7 Å². The lowest BCUT2D eigenvalue weighted by molar-refractivity contribution is -0.129. The van der Waals surface area contributed by atoms with Crippen LogP contribution in [0.2, 0.25) is 0 Å². The third-order valence-electron chi connectivity index (χ3n) is 3.90. The molecular formula is C18H25N3O4. The number of ether oxygens (including phenoxy) is 1. The molecule has 1 aliphatic heterocycles. The van der Waals surface area contributed by atoms with Crippen LogP contribution in [-0.2, 0) is 9.59 Å². The molecule has 1 aromatic carbocycles. The Morgan fingerprint density at radius 3 is 2.52 bits per heavy atom. The summed E-state index contributed by atoms with van der Waals surface area (Å²) in [6.45, 7) is 7.51. The second-order valence-electron chi connectivity index (χ2n) is 6.49. The van der Waals surface area contributed by atoms with Crippen molar-refractivity contribution in [2.75, 3.05) is 19.7 Å². The molecule has 0 bridgehead atoms. The summed E-state index contributed by atoms with van der Waals surface area (Å²) in [7, 11) is 0. The second kappa shape index (κ2) is 8.50. The van der Waals surface area contributed by atoms with Crippen LogP contribution >= 0.6 is 0 Å². The van der Waals surface area contributed by atoms with Gasteiger partial charge in [0.1, 0.15) is 5.75 Å². The van der Waals surface area contributed by atoms with E-state index in [-0.39, 0.29) is 18.2 Å². The molecule has 2 rings (SSSR count). The van der Waals surface area contributed by atoms with Crippen molar-refractivity contribution in [1.29, 1.82) is 0 Å². The number of carbonyl (C=O) groups is 3. The first-order chi connectivity index (χ1) is 11.9. The quantitative estimate of drug-likeness (QED) is 0.761. The van der Waals surface area contributed by atoms with Gasteiger partial charge in [-0.1, -0.05) is 13.8 Å². The van der Waals surface area contributed by atoms with Gasteiger partial charge in [-0.3, -0.25) is 25.2 Å². The molecule has 1 unspecified atom stereocenters. The number of nitrogens with one attached hydrogen (secondary N) is 2. The lowest BCUT2D eigenvalue weighted by atomic mass is 10.1. The Balaban J connectivity index is 1.83. The normalized spacial score (nSPS) is 16.9. The molecule has 1 aromatic rings. The average Bonchev–Trinajstić information content (AvgIpc) is 2.93. The van der Waals surface area contributed by atoms with Crippen LogP contribution in [0.3, 0.4) is 0 Å². The SMILES string of the molecule is CCOc1ccc(C(=O)NNC(=O)C2CC(=O)N(CC(C)C)C2)cc1. The minimum absolute atomic E-state index is 0.0216. The average molecular weight is 347 g/mol. The van der Waals surface area contributed by atoms with Crippen molar-refractivity contribution in [3.05, 3.63) is 29.8 Å². The molecule has 0 spiro atoms. The van der Waals surface area contributed by atoms with Crippen LogP contribution in [0.1, 0.15) is 37.6 Å². The van der Waals surface area contributed by atoms with Gasteiger partial charge in [-0.25, -0.2) is 0 Å². The number of hydrogen-bond acceptors (Lipinski definition) is 4. The Bertz CT molecular complexity index is 628. The monoisotopic (exact) mass is 347 g/mol. The zero-order valence-electron chi connectivity index (χ0n) is 14.9.